The lowest BCUT2D eigenvalue weighted by Crippen LogP contribution is -2.11. The minimum absolute atomic E-state index is 0.288. The lowest BCUT2D eigenvalue weighted by atomic mass is 9.99. The maximum Gasteiger partial charge on any atom is 0.159 e. The summed E-state index contributed by atoms with van der Waals surface area (Å²) in [5.74, 6) is 0.519. The molecule has 0 amide bonds. The number of allylic oxidation sites excluding steroid dienone is 8. The Morgan fingerprint density at radius 1 is 0.979 bits per heavy atom. The van der Waals surface area contributed by atoms with Gasteiger partial charge in [0, 0.05) is 62.8 Å². The van der Waals surface area contributed by atoms with E-state index in [1.165, 1.54) is 12.3 Å². The van der Waals surface area contributed by atoms with Gasteiger partial charge in [0.05, 0.1) is 28.1 Å². The quantitative estimate of drug-likeness (QED) is 0.0830. The van der Waals surface area contributed by atoms with Crippen LogP contribution in [0.5, 0.6) is 0 Å². The number of pyridine rings is 1. The summed E-state index contributed by atoms with van der Waals surface area (Å²) < 4.78 is 15.4. The number of fused-ring (bicyclic) bond motifs is 5. The van der Waals surface area contributed by atoms with Crippen molar-refractivity contribution in [3.05, 3.63) is 138 Å². The summed E-state index contributed by atoms with van der Waals surface area (Å²) >= 11 is 0. The van der Waals surface area contributed by atoms with E-state index in [9.17, 15) is 0 Å². The predicted molar refractivity (Wildman–Crippen MR) is 201 cm³/mol. The van der Waals surface area contributed by atoms with E-state index in [2.05, 4.69) is 35.7 Å². The van der Waals surface area contributed by atoms with Gasteiger partial charge >= 0.3 is 0 Å². The van der Waals surface area contributed by atoms with E-state index in [4.69, 9.17) is 31.1 Å². The van der Waals surface area contributed by atoms with E-state index >= 15 is 0 Å². The second-order valence-electron chi connectivity index (χ2n) is 11.0. The maximum atomic E-state index is 8.23. The number of nitrogens with one attached hydrogen (secondary N) is 2. The Morgan fingerprint density at radius 3 is 2.48 bits per heavy atom. The van der Waals surface area contributed by atoms with Gasteiger partial charge < -0.3 is 35.7 Å². The third kappa shape index (κ3) is 5.09. The van der Waals surface area contributed by atoms with Gasteiger partial charge in [0.1, 0.15) is 16.9 Å². The van der Waals surface area contributed by atoms with Crippen LogP contribution in [-0.2, 0) is 0 Å². The first-order valence-corrected chi connectivity index (χ1v) is 15.6. The SMILES string of the molecule is C=C/C=C\c1c(C(/C=C\C)=C(N)\C(C=N)=C(/N)C=C)oc2cc3c(cc12)oc1c(-n2c(/C=C\CC)c(C=N)c4ncccc42)cccc13. The van der Waals surface area contributed by atoms with Gasteiger partial charge in [-0.2, -0.15) is 0 Å². The first-order chi connectivity index (χ1) is 23.4. The zero-order valence-electron chi connectivity index (χ0n) is 26.9. The Balaban J connectivity index is 1.67. The van der Waals surface area contributed by atoms with E-state index in [0.29, 0.717) is 33.7 Å². The van der Waals surface area contributed by atoms with Crippen LogP contribution >= 0.6 is 0 Å². The molecular weight excluding hydrogens is 596 g/mol. The highest BCUT2D eigenvalue weighted by Gasteiger charge is 2.23. The van der Waals surface area contributed by atoms with E-state index in [0.717, 1.165) is 62.3 Å². The number of furan rings is 2. The monoisotopic (exact) mass is 632 g/mol. The summed E-state index contributed by atoms with van der Waals surface area (Å²) in [6.07, 6.45) is 19.8. The van der Waals surface area contributed by atoms with Crippen LogP contribution in [0.3, 0.4) is 0 Å². The van der Waals surface area contributed by atoms with E-state index in [1.54, 1.807) is 12.3 Å². The summed E-state index contributed by atoms with van der Waals surface area (Å²) in [5.41, 5.74) is 21.2. The van der Waals surface area contributed by atoms with Crippen molar-refractivity contribution < 1.29 is 8.83 Å². The van der Waals surface area contributed by atoms with Crippen molar-refractivity contribution >= 4 is 74.1 Å². The molecule has 0 atom stereocenters. The van der Waals surface area contributed by atoms with Gasteiger partial charge in [-0.3, -0.25) is 4.98 Å². The fourth-order valence-corrected chi connectivity index (χ4v) is 6.08. The third-order valence-corrected chi connectivity index (χ3v) is 8.25. The minimum Gasteiger partial charge on any atom is -0.455 e. The molecule has 0 saturated heterocycles. The van der Waals surface area contributed by atoms with Crippen molar-refractivity contribution in [2.24, 2.45) is 11.5 Å². The molecule has 0 spiro atoms. The lowest BCUT2D eigenvalue weighted by Gasteiger charge is -2.10. The Bertz CT molecular complexity index is 2440. The molecular formula is C40H36N6O2. The maximum absolute atomic E-state index is 8.23. The molecule has 4 heterocycles. The molecule has 0 radical (unpaired) electrons. The van der Waals surface area contributed by atoms with Gasteiger partial charge in [0.2, 0.25) is 0 Å². The molecule has 0 bridgehead atoms. The zero-order chi connectivity index (χ0) is 33.9. The van der Waals surface area contributed by atoms with Gasteiger partial charge in [-0.25, -0.2) is 0 Å². The number of nitrogens with two attached hydrogens (primary N) is 2. The number of aromatic nitrogens is 2. The fourth-order valence-electron chi connectivity index (χ4n) is 6.08. The molecule has 6 rings (SSSR count). The van der Waals surface area contributed by atoms with E-state index in [1.807, 2.05) is 79.8 Å². The highest BCUT2D eigenvalue weighted by atomic mass is 16.3. The molecule has 0 aliphatic carbocycles. The topological polar surface area (TPSA) is 144 Å². The normalized spacial score (nSPS) is 13.4. The minimum atomic E-state index is 0.288. The molecule has 2 aromatic carbocycles. The molecule has 238 valence electrons. The highest BCUT2D eigenvalue weighted by molar-refractivity contribution is 6.13. The van der Waals surface area contributed by atoms with E-state index < -0.39 is 0 Å². The standard InChI is InChI=1S/C40H36N6O2/c1-5-9-14-24-27-20-36-28(21-35(27)47-39(24)26(13-7-3)37(44)29(22-41)31(43)8-4)25-15-11-17-34(40(25)48-36)46-32(16-10-6-2)30(23-42)38-33(46)18-12-19-45-38/h5,7-23,41-42H,1,4,6,43-44H2,2-3H3/b13-7-,14-9-,16-10-,31-29-,37-26+,41-22?,42-23?. The molecule has 6 N–H and O–H groups in total. The van der Waals surface area contributed by atoms with Crippen LogP contribution < -0.4 is 11.5 Å². The number of benzene rings is 2. The Labute approximate surface area is 278 Å². The average molecular weight is 633 g/mol. The van der Waals surface area contributed by atoms with Crippen LogP contribution in [0.1, 0.15) is 42.8 Å². The van der Waals surface area contributed by atoms with Crippen molar-refractivity contribution in [1.82, 2.24) is 9.55 Å². The van der Waals surface area contributed by atoms with Gasteiger partial charge in [0.25, 0.3) is 0 Å². The number of hydrogen-bond donors (Lipinski definition) is 4. The van der Waals surface area contributed by atoms with Crippen LogP contribution in [0.2, 0.25) is 0 Å². The van der Waals surface area contributed by atoms with Crippen molar-refractivity contribution in [2.45, 2.75) is 20.3 Å². The number of nitrogens with zero attached hydrogens (tertiary/aromatic N) is 2. The molecule has 0 aliphatic heterocycles. The summed E-state index contributed by atoms with van der Waals surface area (Å²) in [5, 5.41) is 18.8. The lowest BCUT2D eigenvalue weighted by molar-refractivity contribution is 0.599. The van der Waals surface area contributed by atoms with Crippen LogP contribution in [0.4, 0.5) is 0 Å². The van der Waals surface area contributed by atoms with Gasteiger partial charge in [-0.15, -0.1) is 0 Å². The second kappa shape index (κ2) is 13.1. The van der Waals surface area contributed by atoms with Crippen LogP contribution in [0, 0.1) is 10.8 Å². The number of rotatable bonds is 11. The van der Waals surface area contributed by atoms with Gasteiger partial charge in [-0.1, -0.05) is 68.7 Å². The molecule has 0 aliphatic rings. The highest BCUT2D eigenvalue weighted by Crippen LogP contribution is 2.41. The smallest absolute Gasteiger partial charge is 0.159 e. The molecule has 0 saturated carbocycles. The van der Waals surface area contributed by atoms with Gasteiger partial charge in [-0.05, 0) is 55.8 Å². The molecule has 4 aromatic heterocycles. The average Bonchev–Trinajstić information content (AvgIpc) is 3.76. The third-order valence-electron chi connectivity index (χ3n) is 8.25. The Morgan fingerprint density at radius 2 is 1.77 bits per heavy atom. The fraction of sp³-hybridized carbons (Fsp3) is 0.0750. The van der Waals surface area contributed by atoms with Crippen molar-refractivity contribution in [3.63, 3.8) is 0 Å². The predicted octanol–water partition coefficient (Wildman–Crippen LogP) is 9.59. The summed E-state index contributed by atoms with van der Waals surface area (Å²) in [4.78, 5) is 4.63. The molecule has 8 nitrogen and oxygen atoms in total. The van der Waals surface area contributed by atoms with Gasteiger partial charge in [0.15, 0.2) is 5.58 Å². The second-order valence-corrected chi connectivity index (χ2v) is 11.0. The number of para-hydroxylation sites is 1. The summed E-state index contributed by atoms with van der Waals surface area (Å²) in [6, 6.07) is 13.9. The first kappa shape index (κ1) is 31.6. The van der Waals surface area contributed by atoms with Crippen LogP contribution in [0.15, 0.2) is 124 Å². The molecule has 0 fully saturated rings. The summed E-state index contributed by atoms with van der Waals surface area (Å²) in [6.45, 7) is 11.6. The first-order valence-electron chi connectivity index (χ1n) is 15.6. The molecule has 48 heavy (non-hydrogen) atoms. The van der Waals surface area contributed by atoms with Crippen molar-refractivity contribution in [2.75, 3.05) is 0 Å². The van der Waals surface area contributed by atoms with Crippen molar-refractivity contribution in [1.29, 1.82) is 10.8 Å². The van der Waals surface area contributed by atoms with E-state index in [-0.39, 0.29) is 11.4 Å². The molecule has 6 aromatic rings. The summed E-state index contributed by atoms with van der Waals surface area (Å²) in [7, 11) is 0. The molecule has 8 heteroatoms. The zero-order valence-corrected chi connectivity index (χ0v) is 26.9. The largest absolute Gasteiger partial charge is 0.455 e. The van der Waals surface area contributed by atoms with Crippen molar-refractivity contribution in [3.8, 4) is 5.69 Å². The Hall–Kier alpha value is -6.41. The van der Waals surface area contributed by atoms with Crippen LogP contribution in [-0.4, -0.2) is 22.0 Å². The van der Waals surface area contributed by atoms with Crippen LogP contribution in [0.25, 0.3) is 67.4 Å². The molecule has 0 unspecified atom stereocenters. The number of hydrogen-bond acceptors (Lipinski definition) is 7. The Kier molecular flexibility index (Phi) is 8.64.